The van der Waals surface area contributed by atoms with E-state index in [2.05, 4.69) is 24.5 Å². The first-order valence-electron chi connectivity index (χ1n) is 4.34. The number of amides is 1. The fourth-order valence-electron chi connectivity index (χ4n) is 1.05. The van der Waals surface area contributed by atoms with Gasteiger partial charge in [-0.2, -0.15) is 12.6 Å². The second kappa shape index (κ2) is 5.42. The predicted molar refractivity (Wildman–Crippen MR) is 60.3 cm³/mol. The summed E-state index contributed by atoms with van der Waals surface area (Å²) in [6.45, 7) is 0. The van der Waals surface area contributed by atoms with Crippen LogP contribution in [0.4, 0.5) is 4.39 Å². The Labute approximate surface area is 93.1 Å². The molecular weight excluding hydrogens is 213 g/mol. The Morgan fingerprint density at radius 1 is 1.53 bits per heavy atom. The average Bonchev–Trinajstić information content (AvgIpc) is 2.18. The quantitative estimate of drug-likeness (QED) is 0.580. The minimum absolute atomic E-state index is 0.239. The standard InChI is InChI=1S/C11H10FNOS/c12-9-4-5-10(11(13)14)8(7-9)3-1-2-6-15/h4-5,7,15H,2,6H2,(H2,13,14). The van der Waals surface area contributed by atoms with Crippen LogP contribution in [0, 0.1) is 17.7 Å². The minimum atomic E-state index is -0.606. The molecule has 0 atom stereocenters. The molecule has 1 aromatic carbocycles. The Balaban J connectivity index is 3.09. The number of halogens is 1. The van der Waals surface area contributed by atoms with Crippen molar-refractivity contribution < 1.29 is 9.18 Å². The lowest BCUT2D eigenvalue weighted by Gasteiger charge is -1.99. The summed E-state index contributed by atoms with van der Waals surface area (Å²) in [6.07, 6.45) is 0.581. The molecule has 0 aliphatic heterocycles. The molecule has 1 rings (SSSR count). The van der Waals surface area contributed by atoms with E-state index in [4.69, 9.17) is 5.73 Å². The van der Waals surface area contributed by atoms with Crippen LogP contribution in [0.2, 0.25) is 0 Å². The van der Waals surface area contributed by atoms with E-state index < -0.39 is 11.7 Å². The van der Waals surface area contributed by atoms with Gasteiger partial charge in [-0.05, 0) is 18.2 Å². The van der Waals surface area contributed by atoms with Crippen molar-refractivity contribution in [2.45, 2.75) is 6.42 Å². The van der Waals surface area contributed by atoms with Gasteiger partial charge in [-0.15, -0.1) is 0 Å². The Kier molecular flexibility index (Phi) is 4.19. The summed E-state index contributed by atoms with van der Waals surface area (Å²) in [5, 5.41) is 0. The van der Waals surface area contributed by atoms with Gasteiger partial charge in [-0.3, -0.25) is 4.79 Å². The number of hydrogen-bond donors (Lipinski definition) is 2. The SMILES string of the molecule is NC(=O)c1ccc(F)cc1C#CCCS. The Bertz CT molecular complexity index is 434. The summed E-state index contributed by atoms with van der Waals surface area (Å²) in [7, 11) is 0. The van der Waals surface area contributed by atoms with E-state index in [0.717, 1.165) is 0 Å². The fraction of sp³-hybridized carbons (Fsp3) is 0.182. The first-order valence-corrected chi connectivity index (χ1v) is 4.97. The lowest BCUT2D eigenvalue weighted by atomic mass is 10.1. The summed E-state index contributed by atoms with van der Waals surface area (Å²) in [6, 6.07) is 3.72. The normalized spacial score (nSPS) is 9.20. The molecule has 0 heterocycles. The van der Waals surface area contributed by atoms with Crippen LogP contribution in [0.5, 0.6) is 0 Å². The first kappa shape index (κ1) is 11.6. The monoisotopic (exact) mass is 223 g/mol. The number of carbonyl (C=O) groups excluding carboxylic acids is 1. The van der Waals surface area contributed by atoms with Crippen molar-refractivity contribution >= 4 is 18.5 Å². The highest BCUT2D eigenvalue weighted by Gasteiger charge is 2.06. The number of nitrogens with two attached hydrogens (primary N) is 1. The highest BCUT2D eigenvalue weighted by molar-refractivity contribution is 7.80. The van der Waals surface area contributed by atoms with E-state index in [9.17, 15) is 9.18 Å². The maximum absolute atomic E-state index is 12.9. The smallest absolute Gasteiger partial charge is 0.249 e. The molecule has 0 saturated heterocycles. The highest BCUT2D eigenvalue weighted by atomic mass is 32.1. The highest BCUT2D eigenvalue weighted by Crippen LogP contribution is 2.09. The van der Waals surface area contributed by atoms with Crippen LogP contribution in [0.1, 0.15) is 22.3 Å². The molecule has 0 aliphatic rings. The summed E-state index contributed by atoms with van der Waals surface area (Å²) in [5.41, 5.74) is 5.69. The molecule has 0 aromatic heterocycles. The van der Waals surface area contributed by atoms with Crippen LogP contribution in [-0.4, -0.2) is 11.7 Å². The zero-order valence-corrected chi connectivity index (χ0v) is 8.85. The van der Waals surface area contributed by atoms with Gasteiger partial charge in [0.15, 0.2) is 0 Å². The van der Waals surface area contributed by atoms with Gasteiger partial charge in [-0.25, -0.2) is 4.39 Å². The van der Waals surface area contributed by atoms with Crippen molar-refractivity contribution in [2.75, 3.05) is 5.75 Å². The molecule has 0 aliphatic carbocycles. The van der Waals surface area contributed by atoms with Crippen molar-refractivity contribution in [3.05, 3.63) is 35.1 Å². The molecule has 15 heavy (non-hydrogen) atoms. The topological polar surface area (TPSA) is 43.1 Å². The largest absolute Gasteiger partial charge is 0.366 e. The van der Waals surface area contributed by atoms with Crippen molar-refractivity contribution in [2.24, 2.45) is 5.73 Å². The fourth-order valence-corrected chi connectivity index (χ4v) is 1.16. The van der Waals surface area contributed by atoms with Gasteiger partial charge >= 0.3 is 0 Å². The van der Waals surface area contributed by atoms with Gasteiger partial charge < -0.3 is 5.73 Å². The van der Waals surface area contributed by atoms with E-state index in [0.29, 0.717) is 17.7 Å². The van der Waals surface area contributed by atoms with Crippen LogP contribution in [0.15, 0.2) is 18.2 Å². The molecule has 0 spiro atoms. The lowest BCUT2D eigenvalue weighted by molar-refractivity contribution is 0.1000. The van der Waals surface area contributed by atoms with Gasteiger partial charge in [-0.1, -0.05) is 11.8 Å². The van der Waals surface area contributed by atoms with Gasteiger partial charge in [0.2, 0.25) is 5.91 Å². The van der Waals surface area contributed by atoms with Gasteiger partial charge in [0.1, 0.15) is 5.82 Å². The average molecular weight is 223 g/mol. The van der Waals surface area contributed by atoms with Crippen molar-refractivity contribution in [1.29, 1.82) is 0 Å². The Morgan fingerprint density at radius 3 is 2.87 bits per heavy atom. The van der Waals surface area contributed by atoms with E-state index in [1.165, 1.54) is 18.2 Å². The van der Waals surface area contributed by atoms with E-state index in [-0.39, 0.29) is 5.56 Å². The number of rotatable bonds is 2. The number of carbonyl (C=O) groups is 1. The Morgan fingerprint density at radius 2 is 2.27 bits per heavy atom. The first-order chi connectivity index (χ1) is 7.15. The third-order valence-electron chi connectivity index (χ3n) is 1.71. The van der Waals surface area contributed by atoms with Gasteiger partial charge in [0, 0.05) is 17.7 Å². The zero-order valence-electron chi connectivity index (χ0n) is 7.96. The molecule has 1 aromatic rings. The third kappa shape index (κ3) is 3.30. The number of thiol groups is 1. The van der Waals surface area contributed by atoms with E-state index >= 15 is 0 Å². The molecule has 0 saturated carbocycles. The van der Waals surface area contributed by atoms with Crippen molar-refractivity contribution in [3.8, 4) is 11.8 Å². The van der Waals surface area contributed by atoms with Crippen molar-refractivity contribution in [1.82, 2.24) is 0 Å². The van der Waals surface area contributed by atoms with Crippen LogP contribution in [0.3, 0.4) is 0 Å². The summed E-state index contributed by atoms with van der Waals surface area (Å²) >= 11 is 3.99. The predicted octanol–water partition coefficient (Wildman–Crippen LogP) is 1.60. The third-order valence-corrected chi connectivity index (χ3v) is 1.93. The number of hydrogen-bond acceptors (Lipinski definition) is 2. The second-order valence-electron chi connectivity index (χ2n) is 2.83. The van der Waals surface area contributed by atoms with Gasteiger partial charge in [0.25, 0.3) is 0 Å². The molecule has 0 unspecified atom stereocenters. The summed E-state index contributed by atoms with van der Waals surface area (Å²) in [4.78, 5) is 11.0. The molecular formula is C11H10FNOS. The molecule has 4 heteroatoms. The molecule has 2 nitrogen and oxygen atoms in total. The van der Waals surface area contributed by atoms with Crippen LogP contribution in [-0.2, 0) is 0 Å². The zero-order chi connectivity index (χ0) is 11.3. The number of benzene rings is 1. The summed E-state index contributed by atoms with van der Waals surface area (Å²) in [5.74, 6) is 5.05. The van der Waals surface area contributed by atoms with Crippen molar-refractivity contribution in [3.63, 3.8) is 0 Å². The lowest BCUT2D eigenvalue weighted by Crippen LogP contribution is -2.12. The molecule has 78 valence electrons. The maximum atomic E-state index is 12.9. The van der Waals surface area contributed by atoms with Crippen LogP contribution in [0.25, 0.3) is 0 Å². The van der Waals surface area contributed by atoms with E-state index in [1.54, 1.807) is 0 Å². The molecule has 0 bridgehead atoms. The maximum Gasteiger partial charge on any atom is 0.249 e. The molecule has 0 fully saturated rings. The van der Waals surface area contributed by atoms with Crippen LogP contribution >= 0.6 is 12.6 Å². The summed E-state index contributed by atoms with van der Waals surface area (Å²) < 4.78 is 12.9. The minimum Gasteiger partial charge on any atom is -0.366 e. The van der Waals surface area contributed by atoms with Gasteiger partial charge in [0.05, 0.1) is 5.56 Å². The van der Waals surface area contributed by atoms with E-state index in [1.807, 2.05) is 0 Å². The molecule has 1 amide bonds. The molecule has 0 radical (unpaired) electrons. The van der Waals surface area contributed by atoms with Crippen LogP contribution < -0.4 is 5.73 Å². The Hall–Kier alpha value is -1.47. The number of primary amides is 1. The molecule has 2 N–H and O–H groups in total. The second-order valence-corrected chi connectivity index (χ2v) is 3.28.